The third kappa shape index (κ3) is 2.73. The fourth-order valence-electron chi connectivity index (χ4n) is 3.89. The van der Waals surface area contributed by atoms with Crippen molar-refractivity contribution in [1.29, 1.82) is 0 Å². The predicted octanol–water partition coefficient (Wildman–Crippen LogP) is 7.78. The van der Waals surface area contributed by atoms with E-state index in [1.807, 2.05) is 0 Å². The summed E-state index contributed by atoms with van der Waals surface area (Å²) in [6, 6.07) is 27.6. The van der Waals surface area contributed by atoms with Crippen molar-refractivity contribution in [2.75, 3.05) is 5.32 Å². The number of hydrogen-bond donors (Lipinski definition) is 1. The van der Waals surface area contributed by atoms with Gasteiger partial charge in [-0.3, -0.25) is 0 Å². The van der Waals surface area contributed by atoms with Crippen LogP contribution in [0.25, 0.3) is 32.7 Å². The van der Waals surface area contributed by atoms with Crippen molar-refractivity contribution in [2.45, 2.75) is 26.2 Å². The standard InChI is InChI=1S/C26H23NO/c1-26(2,3)18-9-6-10-19(16-18)27-22-13-7-12-21-24-20-11-5-4-8-17(20)14-15-23(24)28-25(21)22/h4-16,27H,1-3H3. The fourth-order valence-corrected chi connectivity index (χ4v) is 3.89. The molecule has 0 aliphatic heterocycles. The second kappa shape index (κ2) is 6.13. The van der Waals surface area contributed by atoms with Gasteiger partial charge in [-0.15, -0.1) is 0 Å². The molecular weight excluding hydrogens is 342 g/mol. The number of para-hydroxylation sites is 1. The van der Waals surface area contributed by atoms with Crippen LogP contribution < -0.4 is 5.32 Å². The summed E-state index contributed by atoms with van der Waals surface area (Å²) in [7, 11) is 0. The molecule has 5 rings (SSSR count). The first-order chi connectivity index (χ1) is 13.5. The zero-order valence-corrected chi connectivity index (χ0v) is 16.4. The molecule has 1 heterocycles. The molecule has 4 aromatic carbocycles. The Labute approximate surface area is 164 Å². The number of rotatable bonds is 2. The lowest BCUT2D eigenvalue weighted by Gasteiger charge is -2.20. The number of fused-ring (bicyclic) bond motifs is 5. The molecule has 0 spiro atoms. The summed E-state index contributed by atoms with van der Waals surface area (Å²) in [6.45, 7) is 6.70. The van der Waals surface area contributed by atoms with Crippen LogP contribution in [0.1, 0.15) is 26.3 Å². The Hall–Kier alpha value is -3.26. The van der Waals surface area contributed by atoms with Gasteiger partial charge in [0, 0.05) is 16.5 Å². The second-order valence-electron chi connectivity index (χ2n) is 8.40. The molecule has 0 aliphatic carbocycles. The highest BCUT2D eigenvalue weighted by molar-refractivity contribution is 6.20. The Morgan fingerprint density at radius 3 is 2.39 bits per heavy atom. The van der Waals surface area contributed by atoms with Crippen LogP contribution in [0.2, 0.25) is 0 Å². The maximum atomic E-state index is 6.30. The van der Waals surface area contributed by atoms with E-state index in [0.29, 0.717) is 0 Å². The van der Waals surface area contributed by atoms with Gasteiger partial charge in [-0.1, -0.05) is 75.4 Å². The van der Waals surface area contributed by atoms with Gasteiger partial charge >= 0.3 is 0 Å². The van der Waals surface area contributed by atoms with Crippen LogP contribution in [0.15, 0.2) is 83.3 Å². The van der Waals surface area contributed by atoms with Crippen molar-refractivity contribution in [3.05, 3.63) is 84.4 Å². The van der Waals surface area contributed by atoms with E-state index in [2.05, 4.69) is 105 Å². The minimum atomic E-state index is 0.113. The molecule has 1 N–H and O–H groups in total. The Kier molecular flexibility index (Phi) is 3.70. The third-order valence-electron chi connectivity index (χ3n) is 5.39. The molecule has 0 unspecified atom stereocenters. The van der Waals surface area contributed by atoms with Gasteiger partial charge in [-0.2, -0.15) is 0 Å². The van der Waals surface area contributed by atoms with Crippen LogP contribution >= 0.6 is 0 Å². The number of furan rings is 1. The zero-order chi connectivity index (χ0) is 19.3. The van der Waals surface area contributed by atoms with Crippen LogP contribution in [0.4, 0.5) is 11.4 Å². The van der Waals surface area contributed by atoms with E-state index in [4.69, 9.17) is 4.42 Å². The Morgan fingerprint density at radius 2 is 1.54 bits per heavy atom. The molecule has 0 bridgehead atoms. The molecule has 0 fully saturated rings. The van der Waals surface area contributed by atoms with Gasteiger partial charge in [-0.05, 0) is 46.0 Å². The van der Waals surface area contributed by atoms with Crippen LogP contribution in [0.3, 0.4) is 0 Å². The normalized spacial score (nSPS) is 12.1. The molecular formula is C26H23NO. The minimum Gasteiger partial charge on any atom is -0.454 e. The van der Waals surface area contributed by atoms with Gasteiger partial charge in [0.1, 0.15) is 5.58 Å². The molecule has 0 aliphatic rings. The summed E-state index contributed by atoms with van der Waals surface area (Å²) in [4.78, 5) is 0. The molecule has 138 valence electrons. The lowest BCUT2D eigenvalue weighted by Crippen LogP contribution is -2.11. The maximum absolute atomic E-state index is 6.30. The average Bonchev–Trinajstić information content (AvgIpc) is 3.08. The number of anilines is 2. The molecule has 5 aromatic rings. The first-order valence-electron chi connectivity index (χ1n) is 9.71. The predicted molar refractivity (Wildman–Crippen MR) is 120 cm³/mol. The summed E-state index contributed by atoms with van der Waals surface area (Å²) < 4.78 is 6.30. The molecule has 28 heavy (non-hydrogen) atoms. The SMILES string of the molecule is CC(C)(C)c1cccc(Nc2cccc3c2oc2ccc4ccccc4c23)c1. The molecule has 0 saturated heterocycles. The van der Waals surface area contributed by atoms with Gasteiger partial charge in [0.15, 0.2) is 5.58 Å². The van der Waals surface area contributed by atoms with Gasteiger partial charge in [-0.25, -0.2) is 0 Å². The van der Waals surface area contributed by atoms with Crippen molar-refractivity contribution in [2.24, 2.45) is 0 Å². The Bertz CT molecular complexity index is 1320. The van der Waals surface area contributed by atoms with Gasteiger partial charge in [0.25, 0.3) is 0 Å². The number of hydrogen-bond acceptors (Lipinski definition) is 2. The monoisotopic (exact) mass is 365 g/mol. The van der Waals surface area contributed by atoms with E-state index in [0.717, 1.165) is 27.9 Å². The molecule has 2 nitrogen and oxygen atoms in total. The largest absolute Gasteiger partial charge is 0.454 e. The Balaban J connectivity index is 1.68. The van der Waals surface area contributed by atoms with Crippen molar-refractivity contribution >= 4 is 44.1 Å². The quantitative estimate of drug-likeness (QED) is 0.345. The number of nitrogens with one attached hydrogen (secondary N) is 1. The average molecular weight is 365 g/mol. The molecule has 0 saturated carbocycles. The second-order valence-corrected chi connectivity index (χ2v) is 8.40. The van der Waals surface area contributed by atoms with Crippen LogP contribution in [-0.4, -0.2) is 0 Å². The first-order valence-corrected chi connectivity index (χ1v) is 9.71. The molecule has 2 heteroatoms. The maximum Gasteiger partial charge on any atom is 0.158 e. The first kappa shape index (κ1) is 16.9. The van der Waals surface area contributed by atoms with E-state index in [-0.39, 0.29) is 5.41 Å². The summed E-state index contributed by atoms with van der Waals surface area (Å²) in [5, 5.41) is 8.36. The zero-order valence-electron chi connectivity index (χ0n) is 16.4. The van der Waals surface area contributed by atoms with Crippen LogP contribution in [0.5, 0.6) is 0 Å². The van der Waals surface area contributed by atoms with Crippen molar-refractivity contribution in [3.8, 4) is 0 Å². The molecule has 0 radical (unpaired) electrons. The summed E-state index contributed by atoms with van der Waals surface area (Å²) in [6.07, 6.45) is 0. The molecule has 0 atom stereocenters. The van der Waals surface area contributed by atoms with E-state index >= 15 is 0 Å². The smallest absolute Gasteiger partial charge is 0.158 e. The van der Waals surface area contributed by atoms with Crippen LogP contribution in [-0.2, 0) is 5.41 Å². The van der Waals surface area contributed by atoms with Gasteiger partial charge in [0.05, 0.1) is 5.69 Å². The fraction of sp³-hybridized carbons (Fsp3) is 0.154. The lowest BCUT2D eigenvalue weighted by molar-refractivity contribution is 0.590. The van der Waals surface area contributed by atoms with E-state index < -0.39 is 0 Å². The van der Waals surface area contributed by atoms with Gasteiger partial charge < -0.3 is 9.73 Å². The Morgan fingerprint density at radius 1 is 0.750 bits per heavy atom. The lowest BCUT2D eigenvalue weighted by atomic mass is 9.87. The van der Waals surface area contributed by atoms with E-state index in [9.17, 15) is 0 Å². The highest BCUT2D eigenvalue weighted by atomic mass is 16.3. The van der Waals surface area contributed by atoms with E-state index in [1.54, 1.807) is 0 Å². The van der Waals surface area contributed by atoms with E-state index in [1.165, 1.54) is 21.7 Å². The summed E-state index contributed by atoms with van der Waals surface area (Å²) >= 11 is 0. The van der Waals surface area contributed by atoms with Crippen molar-refractivity contribution in [1.82, 2.24) is 0 Å². The van der Waals surface area contributed by atoms with Gasteiger partial charge in [0.2, 0.25) is 0 Å². The van der Waals surface area contributed by atoms with Crippen molar-refractivity contribution in [3.63, 3.8) is 0 Å². The van der Waals surface area contributed by atoms with Crippen molar-refractivity contribution < 1.29 is 4.42 Å². The highest BCUT2D eigenvalue weighted by Crippen LogP contribution is 2.38. The highest BCUT2D eigenvalue weighted by Gasteiger charge is 2.15. The summed E-state index contributed by atoms with van der Waals surface area (Å²) in [5.41, 5.74) is 5.30. The molecule has 1 aromatic heterocycles. The topological polar surface area (TPSA) is 25.2 Å². The third-order valence-corrected chi connectivity index (χ3v) is 5.39. The summed E-state index contributed by atoms with van der Waals surface area (Å²) in [5.74, 6) is 0. The number of benzene rings is 4. The minimum absolute atomic E-state index is 0.113. The van der Waals surface area contributed by atoms with Crippen LogP contribution in [0, 0.1) is 0 Å². The molecule has 0 amide bonds.